The van der Waals surface area contributed by atoms with Crippen molar-refractivity contribution in [3.05, 3.63) is 34.9 Å². The molecule has 3 rings (SSSR count). The Morgan fingerprint density at radius 3 is 2.29 bits per heavy atom. The van der Waals surface area contributed by atoms with Crippen LogP contribution < -0.4 is 0 Å². The van der Waals surface area contributed by atoms with Crippen molar-refractivity contribution in [1.82, 2.24) is 9.80 Å². The standard InChI is InChI=1S/C15H16N2O4/c1-9-3-10(2)5-11(4-9)14(19)16-6-12(7-16)17-13(18)8-21-15(17)20/h3-5,12H,6-8H2,1-2H3. The van der Waals surface area contributed by atoms with E-state index < -0.39 is 6.09 Å². The first-order valence-corrected chi connectivity index (χ1v) is 6.82. The Bertz CT molecular complexity index is 598. The second-order valence-corrected chi connectivity index (χ2v) is 5.56. The minimum atomic E-state index is -0.608. The van der Waals surface area contributed by atoms with Gasteiger partial charge in [0.2, 0.25) is 0 Å². The predicted octanol–water partition coefficient (Wildman–Crippen LogP) is 1.11. The van der Waals surface area contributed by atoms with E-state index in [4.69, 9.17) is 0 Å². The highest BCUT2D eigenvalue weighted by Gasteiger charge is 2.44. The average molecular weight is 288 g/mol. The molecule has 6 nitrogen and oxygen atoms in total. The molecule has 0 atom stereocenters. The second-order valence-electron chi connectivity index (χ2n) is 5.56. The van der Waals surface area contributed by atoms with Crippen LogP contribution in [0.1, 0.15) is 21.5 Å². The van der Waals surface area contributed by atoms with Gasteiger partial charge in [-0.1, -0.05) is 17.2 Å². The molecular formula is C15H16N2O4. The zero-order valence-corrected chi connectivity index (χ0v) is 12.0. The highest BCUT2D eigenvalue weighted by atomic mass is 16.6. The zero-order valence-electron chi connectivity index (χ0n) is 12.0. The van der Waals surface area contributed by atoms with Crippen LogP contribution in [-0.2, 0) is 9.53 Å². The van der Waals surface area contributed by atoms with Crippen LogP contribution >= 0.6 is 0 Å². The van der Waals surface area contributed by atoms with Crippen molar-refractivity contribution in [1.29, 1.82) is 0 Å². The van der Waals surface area contributed by atoms with E-state index in [1.165, 1.54) is 0 Å². The van der Waals surface area contributed by atoms with Crippen molar-refractivity contribution in [2.45, 2.75) is 19.9 Å². The van der Waals surface area contributed by atoms with Crippen molar-refractivity contribution < 1.29 is 19.1 Å². The molecule has 2 saturated heterocycles. The second kappa shape index (κ2) is 4.87. The number of benzene rings is 1. The number of hydrogen-bond acceptors (Lipinski definition) is 4. The number of rotatable bonds is 2. The van der Waals surface area contributed by atoms with Crippen LogP contribution in [0, 0.1) is 13.8 Å². The number of carbonyl (C=O) groups excluding carboxylic acids is 3. The number of carbonyl (C=O) groups is 3. The van der Waals surface area contributed by atoms with Gasteiger partial charge in [0, 0.05) is 18.7 Å². The summed E-state index contributed by atoms with van der Waals surface area (Å²) in [6, 6.07) is 5.44. The van der Waals surface area contributed by atoms with Crippen LogP contribution in [0.2, 0.25) is 0 Å². The lowest BCUT2D eigenvalue weighted by Crippen LogP contribution is -2.62. The lowest BCUT2D eigenvalue weighted by Gasteiger charge is -2.42. The number of aryl methyl sites for hydroxylation is 2. The van der Waals surface area contributed by atoms with Gasteiger partial charge in [0.1, 0.15) is 0 Å². The Morgan fingerprint density at radius 1 is 1.14 bits per heavy atom. The molecule has 2 fully saturated rings. The number of amides is 3. The summed E-state index contributed by atoms with van der Waals surface area (Å²) in [6.07, 6.45) is -0.608. The monoisotopic (exact) mass is 288 g/mol. The summed E-state index contributed by atoms with van der Waals surface area (Å²) in [6.45, 7) is 4.43. The highest BCUT2D eigenvalue weighted by molar-refractivity contribution is 5.99. The molecule has 0 saturated carbocycles. The molecule has 0 bridgehead atoms. The third kappa shape index (κ3) is 2.37. The summed E-state index contributed by atoms with van der Waals surface area (Å²) in [7, 11) is 0. The summed E-state index contributed by atoms with van der Waals surface area (Å²) in [5, 5.41) is 0. The normalized spacial score (nSPS) is 18.8. The van der Waals surface area contributed by atoms with E-state index in [1.54, 1.807) is 4.90 Å². The Balaban J connectivity index is 1.67. The van der Waals surface area contributed by atoms with Gasteiger partial charge in [-0.2, -0.15) is 0 Å². The number of hydrogen-bond donors (Lipinski definition) is 0. The molecule has 6 heteroatoms. The van der Waals surface area contributed by atoms with Gasteiger partial charge in [0.25, 0.3) is 11.8 Å². The maximum Gasteiger partial charge on any atom is 0.417 e. The van der Waals surface area contributed by atoms with Crippen LogP contribution in [0.15, 0.2) is 18.2 Å². The topological polar surface area (TPSA) is 66.9 Å². The van der Waals surface area contributed by atoms with E-state index in [-0.39, 0.29) is 24.5 Å². The molecule has 0 aromatic heterocycles. The van der Waals surface area contributed by atoms with Crippen LogP contribution in [0.4, 0.5) is 4.79 Å². The van der Waals surface area contributed by atoms with Gasteiger partial charge in [0.05, 0.1) is 6.04 Å². The molecule has 110 valence electrons. The molecule has 1 aromatic rings. The first-order chi connectivity index (χ1) is 9.95. The van der Waals surface area contributed by atoms with Crippen molar-refractivity contribution in [3.8, 4) is 0 Å². The Hall–Kier alpha value is -2.37. The third-order valence-corrected chi connectivity index (χ3v) is 3.77. The summed E-state index contributed by atoms with van der Waals surface area (Å²) in [5.41, 5.74) is 2.71. The number of ether oxygens (including phenoxy) is 1. The van der Waals surface area contributed by atoms with E-state index in [0.29, 0.717) is 18.7 Å². The Kier molecular flexibility index (Phi) is 3.16. The smallest absolute Gasteiger partial charge is 0.417 e. The maximum atomic E-state index is 12.4. The number of imide groups is 1. The predicted molar refractivity (Wildman–Crippen MR) is 73.8 cm³/mol. The van der Waals surface area contributed by atoms with E-state index in [1.807, 2.05) is 32.0 Å². The van der Waals surface area contributed by atoms with Crippen LogP contribution in [0.3, 0.4) is 0 Å². The van der Waals surface area contributed by atoms with E-state index >= 15 is 0 Å². The van der Waals surface area contributed by atoms with Crippen molar-refractivity contribution in [2.24, 2.45) is 0 Å². The molecule has 2 aliphatic heterocycles. The summed E-state index contributed by atoms with van der Waals surface area (Å²) in [5.74, 6) is -0.401. The zero-order chi connectivity index (χ0) is 15.1. The van der Waals surface area contributed by atoms with E-state index in [2.05, 4.69) is 4.74 Å². The molecule has 0 spiro atoms. The van der Waals surface area contributed by atoms with Gasteiger partial charge in [-0.15, -0.1) is 0 Å². The van der Waals surface area contributed by atoms with Crippen molar-refractivity contribution in [3.63, 3.8) is 0 Å². The number of likely N-dealkylation sites (tertiary alicyclic amines) is 1. The quantitative estimate of drug-likeness (QED) is 0.817. The fourth-order valence-electron chi connectivity index (χ4n) is 2.78. The molecular weight excluding hydrogens is 272 g/mol. The van der Waals surface area contributed by atoms with Crippen LogP contribution in [0.25, 0.3) is 0 Å². The number of cyclic esters (lactones) is 1. The molecule has 21 heavy (non-hydrogen) atoms. The lowest BCUT2D eigenvalue weighted by atomic mass is 10.0. The first kappa shape index (κ1) is 13.6. The van der Waals surface area contributed by atoms with Gasteiger partial charge >= 0.3 is 6.09 Å². The van der Waals surface area contributed by atoms with Gasteiger partial charge < -0.3 is 9.64 Å². The van der Waals surface area contributed by atoms with Gasteiger partial charge in [-0.3, -0.25) is 9.59 Å². The van der Waals surface area contributed by atoms with Crippen molar-refractivity contribution >= 4 is 17.9 Å². The van der Waals surface area contributed by atoms with Gasteiger partial charge in [-0.25, -0.2) is 9.69 Å². The summed E-state index contributed by atoms with van der Waals surface area (Å²) < 4.78 is 4.68. The van der Waals surface area contributed by atoms with Gasteiger partial charge in [0.15, 0.2) is 6.61 Å². The lowest BCUT2D eigenvalue weighted by molar-refractivity contribution is -0.129. The SMILES string of the molecule is Cc1cc(C)cc(C(=O)N2CC(N3C(=O)COC3=O)C2)c1. The molecule has 2 aliphatic rings. The van der Waals surface area contributed by atoms with E-state index in [9.17, 15) is 14.4 Å². The Labute approximate surface area is 122 Å². The highest BCUT2D eigenvalue weighted by Crippen LogP contribution is 2.22. The maximum absolute atomic E-state index is 12.4. The molecule has 0 aliphatic carbocycles. The molecule has 3 amide bonds. The largest absolute Gasteiger partial charge is 0.439 e. The fourth-order valence-corrected chi connectivity index (χ4v) is 2.78. The van der Waals surface area contributed by atoms with Crippen LogP contribution in [0.5, 0.6) is 0 Å². The minimum Gasteiger partial charge on any atom is -0.439 e. The molecule has 0 N–H and O–H groups in total. The Morgan fingerprint density at radius 2 is 1.76 bits per heavy atom. The molecule has 2 heterocycles. The van der Waals surface area contributed by atoms with Crippen LogP contribution in [-0.4, -0.2) is 53.4 Å². The average Bonchev–Trinajstić information content (AvgIpc) is 2.67. The van der Waals surface area contributed by atoms with Crippen molar-refractivity contribution in [2.75, 3.05) is 19.7 Å². The number of nitrogens with zero attached hydrogens (tertiary/aromatic N) is 2. The fraction of sp³-hybridized carbons (Fsp3) is 0.400. The third-order valence-electron chi connectivity index (χ3n) is 3.77. The summed E-state index contributed by atoms with van der Waals surface area (Å²) >= 11 is 0. The molecule has 0 unspecified atom stereocenters. The first-order valence-electron chi connectivity index (χ1n) is 6.82. The van der Waals surface area contributed by atoms with Gasteiger partial charge in [-0.05, 0) is 26.0 Å². The molecule has 0 radical (unpaired) electrons. The minimum absolute atomic E-state index is 0.0712. The molecule has 1 aromatic carbocycles. The summed E-state index contributed by atoms with van der Waals surface area (Å²) in [4.78, 5) is 38.1. The van der Waals surface area contributed by atoms with E-state index in [0.717, 1.165) is 16.0 Å².